The van der Waals surface area contributed by atoms with Gasteiger partial charge in [0.25, 0.3) is 0 Å². The van der Waals surface area contributed by atoms with Gasteiger partial charge in [0.05, 0.1) is 12.1 Å². The number of nitrogens with zero attached hydrogens (tertiary/aromatic N) is 2. The number of aromatic nitrogens is 2. The Bertz CT molecular complexity index is 398. The number of rotatable bonds is 2. The minimum atomic E-state index is -0.411. The molecule has 1 saturated carbocycles. The summed E-state index contributed by atoms with van der Waals surface area (Å²) in [4.78, 5) is 4.49. The second-order valence-electron chi connectivity index (χ2n) is 5.11. The highest BCUT2D eigenvalue weighted by Gasteiger charge is 2.36. The lowest BCUT2D eigenvalue weighted by atomic mass is 9.82. The molecule has 5 nitrogen and oxygen atoms in total. The van der Waals surface area contributed by atoms with Crippen LogP contribution in [-0.2, 0) is 10.3 Å². The van der Waals surface area contributed by atoms with Crippen molar-refractivity contribution in [2.24, 2.45) is 5.73 Å². The van der Waals surface area contributed by atoms with Crippen LogP contribution in [0.15, 0.2) is 4.52 Å². The summed E-state index contributed by atoms with van der Waals surface area (Å²) >= 11 is 1.86. The third-order valence-corrected chi connectivity index (χ3v) is 4.71. The van der Waals surface area contributed by atoms with Crippen molar-refractivity contribution in [1.29, 1.82) is 0 Å². The maximum absolute atomic E-state index is 6.38. The van der Waals surface area contributed by atoms with Crippen LogP contribution in [0.2, 0.25) is 0 Å². The molecule has 1 aliphatic heterocycles. The van der Waals surface area contributed by atoms with Gasteiger partial charge in [0, 0.05) is 11.5 Å². The molecule has 2 heterocycles. The predicted molar refractivity (Wildman–Crippen MR) is 69.3 cm³/mol. The molecule has 0 spiro atoms. The topological polar surface area (TPSA) is 74.2 Å². The molecule has 2 aliphatic rings. The maximum Gasteiger partial charge on any atom is 0.246 e. The molecule has 0 bridgehead atoms. The van der Waals surface area contributed by atoms with Crippen LogP contribution in [-0.4, -0.2) is 28.3 Å². The Labute approximate surface area is 111 Å². The van der Waals surface area contributed by atoms with E-state index in [1.54, 1.807) is 0 Å². The van der Waals surface area contributed by atoms with E-state index in [-0.39, 0.29) is 6.10 Å². The maximum atomic E-state index is 6.38. The van der Waals surface area contributed by atoms with Crippen LogP contribution in [0, 0.1) is 0 Å². The minimum Gasteiger partial charge on any atom is -0.368 e. The fraction of sp³-hybridized carbons (Fsp3) is 0.833. The lowest BCUT2D eigenvalue weighted by Gasteiger charge is -2.29. The normalized spacial score (nSPS) is 28.2. The van der Waals surface area contributed by atoms with Gasteiger partial charge in [-0.1, -0.05) is 24.4 Å². The molecule has 100 valence electrons. The first-order chi connectivity index (χ1) is 8.78. The molecule has 1 aromatic rings. The standard InChI is InChI=1S/C12H19N3O2S/c13-12(4-2-1-3-5-12)11-14-10(15-17-11)9-8-18-7-6-16-9/h9H,1-8,13H2. The van der Waals surface area contributed by atoms with Crippen LogP contribution >= 0.6 is 11.8 Å². The Kier molecular flexibility index (Phi) is 3.59. The summed E-state index contributed by atoms with van der Waals surface area (Å²) in [5.74, 6) is 3.20. The summed E-state index contributed by atoms with van der Waals surface area (Å²) in [6.45, 7) is 0.757. The summed E-state index contributed by atoms with van der Waals surface area (Å²) in [7, 11) is 0. The van der Waals surface area contributed by atoms with Gasteiger partial charge in [-0.15, -0.1) is 0 Å². The van der Waals surface area contributed by atoms with Gasteiger partial charge in [0.1, 0.15) is 6.10 Å². The number of thioether (sulfide) groups is 1. The minimum absolute atomic E-state index is 0.0339. The monoisotopic (exact) mass is 269 g/mol. The fourth-order valence-corrected chi connectivity index (χ4v) is 3.44. The molecule has 1 aromatic heterocycles. The second-order valence-corrected chi connectivity index (χ2v) is 6.26. The van der Waals surface area contributed by atoms with Crippen molar-refractivity contribution < 1.29 is 9.26 Å². The molecular weight excluding hydrogens is 250 g/mol. The van der Waals surface area contributed by atoms with Gasteiger partial charge in [0.2, 0.25) is 11.7 Å². The van der Waals surface area contributed by atoms with E-state index in [9.17, 15) is 0 Å². The van der Waals surface area contributed by atoms with Gasteiger partial charge in [0.15, 0.2) is 0 Å². The molecule has 2 fully saturated rings. The van der Waals surface area contributed by atoms with E-state index in [1.807, 2.05) is 11.8 Å². The first kappa shape index (κ1) is 12.4. The van der Waals surface area contributed by atoms with Gasteiger partial charge in [-0.2, -0.15) is 16.7 Å². The zero-order chi connectivity index (χ0) is 12.4. The van der Waals surface area contributed by atoms with Crippen molar-refractivity contribution >= 4 is 11.8 Å². The molecule has 1 atom stereocenters. The van der Waals surface area contributed by atoms with Gasteiger partial charge in [-0.25, -0.2) is 0 Å². The van der Waals surface area contributed by atoms with Crippen LogP contribution in [0.4, 0.5) is 0 Å². The van der Waals surface area contributed by atoms with E-state index in [0.717, 1.165) is 43.8 Å². The highest BCUT2D eigenvalue weighted by molar-refractivity contribution is 7.99. The lowest BCUT2D eigenvalue weighted by molar-refractivity contribution is 0.0677. The summed E-state index contributed by atoms with van der Waals surface area (Å²) in [6.07, 6.45) is 5.38. The van der Waals surface area contributed by atoms with Crippen molar-refractivity contribution in [3.63, 3.8) is 0 Å². The highest BCUT2D eigenvalue weighted by atomic mass is 32.2. The molecular formula is C12H19N3O2S. The molecule has 0 amide bonds. The van der Waals surface area contributed by atoms with Gasteiger partial charge >= 0.3 is 0 Å². The Morgan fingerprint density at radius 2 is 2.11 bits per heavy atom. The fourth-order valence-electron chi connectivity index (χ4n) is 2.60. The third kappa shape index (κ3) is 2.41. The van der Waals surface area contributed by atoms with Crippen LogP contribution < -0.4 is 5.73 Å². The number of hydrogen-bond donors (Lipinski definition) is 1. The van der Waals surface area contributed by atoms with Crippen molar-refractivity contribution in [2.75, 3.05) is 18.1 Å². The van der Waals surface area contributed by atoms with Crippen LogP contribution in [0.25, 0.3) is 0 Å². The largest absolute Gasteiger partial charge is 0.368 e. The van der Waals surface area contributed by atoms with Gasteiger partial charge < -0.3 is 15.0 Å². The van der Waals surface area contributed by atoms with E-state index < -0.39 is 5.54 Å². The van der Waals surface area contributed by atoms with E-state index in [1.165, 1.54) is 6.42 Å². The van der Waals surface area contributed by atoms with Gasteiger partial charge in [-0.3, -0.25) is 0 Å². The zero-order valence-corrected chi connectivity index (χ0v) is 11.2. The third-order valence-electron chi connectivity index (χ3n) is 3.72. The summed E-state index contributed by atoms with van der Waals surface area (Å²) in [5, 5.41) is 4.06. The molecule has 1 saturated heterocycles. The first-order valence-electron chi connectivity index (χ1n) is 6.60. The lowest BCUT2D eigenvalue weighted by Crippen LogP contribution is -2.39. The molecule has 1 unspecified atom stereocenters. The molecule has 6 heteroatoms. The summed E-state index contributed by atoms with van der Waals surface area (Å²) < 4.78 is 11.0. The second kappa shape index (κ2) is 5.19. The van der Waals surface area contributed by atoms with E-state index >= 15 is 0 Å². The van der Waals surface area contributed by atoms with Gasteiger partial charge in [-0.05, 0) is 12.8 Å². The molecule has 2 N–H and O–H groups in total. The highest BCUT2D eigenvalue weighted by Crippen LogP contribution is 2.34. The number of nitrogens with two attached hydrogens (primary N) is 1. The van der Waals surface area contributed by atoms with E-state index in [2.05, 4.69) is 10.1 Å². The Morgan fingerprint density at radius 1 is 1.28 bits per heavy atom. The Hall–Kier alpha value is -0.590. The molecule has 0 radical (unpaired) electrons. The van der Waals surface area contributed by atoms with Crippen LogP contribution in [0.3, 0.4) is 0 Å². The van der Waals surface area contributed by atoms with Crippen molar-refractivity contribution in [3.8, 4) is 0 Å². The van der Waals surface area contributed by atoms with Crippen LogP contribution in [0.5, 0.6) is 0 Å². The Morgan fingerprint density at radius 3 is 2.83 bits per heavy atom. The average Bonchev–Trinajstić information content (AvgIpc) is 2.91. The predicted octanol–water partition coefficient (Wildman–Crippen LogP) is 1.99. The molecule has 1 aliphatic carbocycles. The van der Waals surface area contributed by atoms with E-state index in [0.29, 0.717) is 11.7 Å². The molecule has 0 aromatic carbocycles. The smallest absolute Gasteiger partial charge is 0.246 e. The average molecular weight is 269 g/mol. The first-order valence-corrected chi connectivity index (χ1v) is 7.76. The molecule has 3 rings (SSSR count). The van der Waals surface area contributed by atoms with Crippen molar-refractivity contribution in [3.05, 3.63) is 11.7 Å². The summed E-state index contributed by atoms with van der Waals surface area (Å²) in [5.41, 5.74) is 5.97. The van der Waals surface area contributed by atoms with Crippen molar-refractivity contribution in [1.82, 2.24) is 10.1 Å². The van der Waals surface area contributed by atoms with Crippen LogP contribution in [0.1, 0.15) is 49.9 Å². The zero-order valence-electron chi connectivity index (χ0n) is 10.4. The molecule has 18 heavy (non-hydrogen) atoms. The SMILES string of the molecule is NC1(c2nc(C3CSCCO3)no2)CCCCC1. The quantitative estimate of drug-likeness (QED) is 0.885. The number of ether oxygens (including phenoxy) is 1. The van der Waals surface area contributed by atoms with Crippen molar-refractivity contribution in [2.45, 2.75) is 43.7 Å². The summed E-state index contributed by atoms with van der Waals surface area (Å²) in [6, 6.07) is 0. The Balaban J connectivity index is 1.75. The van der Waals surface area contributed by atoms with E-state index in [4.69, 9.17) is 15.0 Å². The number of hydrogen-bond acceptors (Lipinski definition) is 6.